The van der Waals surface area contributed by atoms with E-state index in [-0.39, 0.29) is 0 Å². The van der Waals surface area contributed by atoms with Crippen molar-refractivity contribution in [3.8, 4) is 11.5 Å². The molecule has 0 aliphatic heterocycles. The maximum Gasteiger partial charge on any atom is 0.123 e. The van der Waals surface area contributed by atoms with E-state index < -0.39 is 0 Å². The van der Waals surface area contributed by atoms with Crippen molar-refractivity contribution < 1.29 is 0 Å². The van der Waals surface area contributed by atoms with Crippen LogP contribution in [-0.4, -0.2) is 14.1 Å². The summed E-state index contributed by atoms with van der Waals surface area (Å²) in [6, 6.07) is 19.0. The van der Waals surface area contributed by atoms with Crippen LogP contribution in [0.15, 0.2) is 67.1 Å². The van der Waals surface area contributed by atoms with Crippen molar-refractivity contribution in [3.63, 3.8) is 0 Å². The molecule has 0 spiro atoms. The van der Waals surface area contributed by atoms with Gasteiger partial charge in [0.2, 0.25) is 0 Å². The molecular formula is C19H18N4. The molecule has 114 valence electrons. The lowest BCUT2D eigenvalue weighted by Gasteiger charge is -2.12. The molecule has 4 rings (SSSR count). The molecule has 4 heteroatoms. The average Bonchev–Trinajstić information content (AvgIpc) is 3.18. The predicted octanol–water partition coefficient (Wildman–Crippen LogP) is 3.58. The number of nitrogens with zero attached hydrogens (tertiary/aromatic N) is 3. The van der Waals surface area contributed by atoms with Crippen molar-refractivity contribution >= 4 is 10.9 Å². The first-order valence-electron chi connectivity index (χ1n) is 7.67. The van der Waals surface area contributed by atoms with Gasteiger partial charge in [0.1, 0.15) is 12.1 Å². The SMILES string of the molecule is Cc1cn(-c2cc3ccccc3n2-c2ccc(CN)cc2)cn1. The van der Waals surface area contributed by atoms with Crippen LogP contribution in [0.4, 0.5) is 0 Å². The van der Waals surface area contributed by atoms with E-state index in [9.17, 15) is 0 Å². The standard InChI is InChI=1S/C19H18N4/c1-14-12-22(13-21-14)19-10-16-4-2-3-5-18(16)23(19)17-8-6-15(11-20)7-9-17/h2-10,12-13H,11,20H2,1H3. The van der Waals surface area contributed by atoms with Crippen molar-refractivity contribution in [3.05, 3.63) is 78.4 Å². The van der Waals surface area contributed by atoms with E-state index >= 15 is 0 Å². The van der Waals surface area contributed by atoms with Crippen molar-refractivity contribution in [2.75, 3.05) is 0 Å². The highest BCUT2D eigenvalue weighted by atomic mass is 15.2. The molecule has 2 aromatic heterocycles. The highest BCUT2D eigenvalue weighted by molar-refractivity contribution is 5.85. The summed E-state index contributed by atoms with van der Waals surface area (Å²) in [5.41, 5.74) is 10.1. The van der Waals surface area contributed by atoms with Crippen LogP contribution in [0, 0.1) is 6.92 Å². The molecule has 0 aliphatic carbocycles. The minimum Gasteiger partial charge on any atom is -0.326 e. The van der Waals surface area contributed by atoms with Gasteiger partial charge in [0.15, 0.2) is 0 Å². The molecule has 0 saturated heterocycles. The number of rotatable bonds is 3. The molecule has 0 unspecified atom stereocenters. The Kier molecular flexibility index (Phi) is 3.24. The topological polar surface area (TPSA) is 48.8 Å². The molecule has 2 heterocycles. The first kappa shape index (κ1) is 13.8. The fourth-order valence-corrected chi connectivity index (χ4v) is 2.93. The molecular weight excluding hydrogens is 284 g/mol. The van der Waals surface area contributed by atoms with Crippen LogP contribution < -0.4 is 5.73 Å². The molecule has 0 fully saturated rings. The molecule has 23 heavy (non-hydrogen) atoms. The summed E-state index contributed by atoms with van der Waals surface area (Å²) < 4.78 is 4.31. The van der Waals surface area contributed by atoms with Gasteiger partial charge in [-0.15, -0.1) is 0 Å². The van der Waals surface area contributed by atoms with Crippen LogP contribution in [-0.2, 0) is 6.54 Å². The van der Waals surface area contributed by atoms with Crippen molar-refractivity contribution in [2.45, 2.75) is 13.5 Å². The van der Waals surface area contributed by atoms with Gasteiger partial charge in [-0.3, -0.25) is 9.13 Å². The van der Waals surface area contributed by atoms with Crippen LogP contribution in [0.5, 0.6) is 0 Å². The Hall–Kier alpha value is -2.85. The number of nitrogens with two attached hydrogens (primary N) is 1. The second-order valence-corrected chi connectivity index (χ2v) is 5.69. The smallest absolute Gasteiger partial charge is 0.123 e. The molecule has 0 bridgehead atoms. The van der Waals surface area contributed by atoms with E-state index in [1.54, 1.807) is 0 Å². The van der Waals surface area contributed by atoms with Crippen LogP contribution >= 0.6 is 0 Å². The monoisotopic (exact) mass is 302 g/mol. The highest BCUT2D eigenvalue weighted by Crippen LogP contribution is 2.27. The van der Waals surface area contributed by atoms with Crippen molar-refractivity contribution in [1.82, 2.24) is 14.1 Å². The van der Waals surface area contributed by atoms with Crippen LogP contribution in [0.1, 0.15) is 11.3 Å². The van der Waals surface area contributed by atoms with Gasteiger partial charge in [0.05, 0.1) is 11.2 Å². The lowest BCUT2D eigenvalue weighted by Crippen LogP contribution is -2.03. The molecule has 0 aliphatic rings. The Morgan fingerprint density at radius 2 is 1.83 bits per heavy atom. The number of imidazole rings is 1. The van der Waals surface area contributed by atoms with Crippen LogP contribution in [0.3, 0.4) is 0 Å². The van der Waals surface area contributed by atoms with Gasteiger partial charge in [-0.1, -0.05) is 30.3 Å². The maximum atomic E-state index is 5.71. The van der Waals surface area contributed by atoms with Gasteiger partial charge in [-0.05, 0) is 36.8 Å². The minimum atomic E-state index is 0.556. The van der Waals surface area contributed by atoms with Crippen LogP contribution in [0.2, 0.25) is 0 Å². The Morgan fingerprint density at radius 1 is 1.04 bits per heavy atom. The number of aryl methyl sites for hydroxylation is 1. The number of benzene rings is 2. The van der Waals surface area contributed by atoms with Gasteiger partial charge in [-0.2, -0.15) is 0 Å². The second kappa shape index (κ2) is 5.41. The van der Waals surface area contributed by atoms with Gasteiger partial charge in [0, 0.05) is 23.8 Å². The molecule has 2 N–H and O–H groups in total. The number of hydrogen-bond acceptors (Lipinski definition) is 2. The summed E-state index contributed by atoms with van der Waals surface area (Å²) in [6.07, 6.45) is 3.90. The third-order valence-corrected chi connectivity index (χ3v) is 4.10. The summed E-state index contributed by atoms with van der Waals surface area (Å²) in [6.45, 7) is 2.56. The zero-order valence-electron chi connectivity index (χ0n) is 13.0. The van der Waals surface area contributed by atoms with Crippen molar-refractivity contribution in [1.29, 1.82) is 0 Å². The van der Waals surface area contributed by atoms with E-state index in [0.717, 1.165) is 22.8 Å². The summed E-state index contributed by atoms with van der Waals surface area (Å²) >= 11 is 0. The van der Waals surface area contributed by atoms with Gasteiger partial charge in [0.25, 0.3) is 0 Å². The molecule has 4 aromatic rings. The van der Waals surface area contributed by atoms with E-state index in [4.69, 9.17) is 5.73 Å². The molecule has 0 radical (unpaired) electrons. The summed E-state index contributed by atoms with van der Waals surface area (Å²) in [5, 5.41) is 1.21. The number of hydrogen-bond donors (Lipinski definition) is 1. The maximum absolute atomic E-state index is 5.71. The van der Waals surface area contributed by atoms with E-state index in [2.05, 4.69) is 68.7 Å². The van der Waals surface area contributed by atoms with Crippen molar-refractivity contribution in [2.24, 2.45) is 5.73 Å². The summed E-state index contributed by atoms with van der Waals surface area (Å²) in [7, 11) is 0. The Bertz CT molecular complexity index is 961. The first-order valence-corrected chi connectivity index (χ1v) is 7.67. The Balaban J connectivity index is 1.98. The summed E-state index contributed by atoms with van der Waals surface area (Å²) in [5.74, 6) is 1.08. The summed E-state index contributed by atoms with van der Waals surface area (Å²) in [4.78, 5) is 4.36. The number of fused-ring (bicyclic) bond motifs is 1. The molecule has 2 aromatic carbocycles. The number of para-hydroxylation sites is 1. The molecule has 0 saturated carbocycles. The van der Waals surface area contributed by atoms with Gasteiger partial charge < -0.3 is 5.73 Å². The first-order chi connectivity index (χ1) is 11.3. The largest absolute Gasteiger partial charge is 0.326 e. The lowest BCUT2D eigenvalue weighted by molar-refractivity contribution is 0.941. The number of aromatic nitrogens is 3. The Labute approximate surface area is 134 Å². The predicted molar refractivity (Wildman–Crippen MR) is 93.0 cm³/mol. The zero-order valence-corrected chi connectivity index (χ0v) is 13.0. The van der Waals surface area contributed by atoms with Gasteiger partial charge in [-0.25, -0.2) is 4.98 Å². The third-order valence-electron chi connectivity index (χ3n) is 4.10. The third kappa shape index (κ3) is 2.33. The second-order valence-electron chi connectivity index (χ2n) is 5.69. The fraction of sp³-hybridized carbons (Fsp3) is 0.105. The quantitative estimate of drug-likeness (QED) is 0.629. The normalized spacial score (nSPS) is 11.2. The zero-order chi connectivity index (χ0) is 15.8. The molecule has 0 atom stereocenters. The molecule has 0 amide bonds. The van der Waals surface area contributed by atoms with E-state index in [0.29, 0.717) is 6.54 Å². The lowest BCUT2D eigenvalue weighted by atomic mass is 10.2. The Morgan fingerprint density at radius 3 is 2.52 bits per heavy atom. The average molecular weight is 302 g/mol. The minimum absolute atomic E-state index is 0.556. The van der Waals surface area contributed by atoms with Gasteiger partial charge >= 0.3 is 0 Å². The highest BCUT2D eigenvalue weighted by Gasteiger charge is 2.12. The van der Waals surface area contributed by atoms with E-state index in [1.807, 2.05) is 19.4 Å². The molecule has 4 nitrogen and oxygen atoms in total. The van der Waals surface area contributed by atoms with Crippen LogP contribution in [0.25, 0.3) is 22.4 Å². The fourth-order valence-electron chi connectivity index (χ4n) is 2.93. The van der Waals surface area contributed by atoms with E-state index in [1.165, 1.54) is 10.9 Å².